The molecule has 4 heteroatoms. The first kappa shape index (κ1) is 31.4. The summed E-state index contributed by atoms with van der Waals surface area (Å²) in [5, 5.41) is 6.24. The van der Waals surface area contributed by atoms with Crippen LogP contribution < -0.4 is 0 Å². The molecule has 0 bridgehead atoms. The van der Waals surface area contributed by atoms with Crippen molar-refractivity contribution in [3.05, 3.63) is 168 Å². The maximum absolute atomic E-state index is 9.31. The van der Waals surface area contributed by atoms with Crippen LogP contribution in [0.2, 0.25) is 0 Å². The van der Waals surface area contributed by atoms with Gasteiger partial charge in [-0.15, -0.1) is 53.6 Å². The second-order valence-electron chi connectivity index (χ2n) is 17.9. The summed E-state index contributed by atoms with van der Waals surface area (Å²) < 4.78 is 88.5. The molecule has 0 amide bonds. The molecule has 1 aliphatic rings. The van der Waals surface area contributed by atoms with Crippen molar-refractivity contribution in [2.24, 2.45) is 5.41 Å². The molecule has 61 heavy (non-hydrogen) atoms. The summed E-state index contributed by atoms with van der Waals surface area (Å²) in [6, 6.07) is 42.3. The third-order valence-corrected chi connectivity index (χ3v) is 12.1. The van der Waals surface area contributed by atoms with Crippen LogP contribution in [-0.2, 0) is 25.5 Å². The first-order valence-electron chi connectivity index (χ1n) is 25.6. The van der Waals surface area contributed by atoms with Crippen LogP contribution >= 0.6 is 0 Å². The molecule has 1 saturated carbocycles. The largest absolute Gasteiger partial charge is 0.501 e. The zero-order chi connectivity index (χ0) is 50.2. The van der Waals surface area contributed by atoms with E-state index < -0.39 is 26.4 Å². The van der Waals surface area contributed by atoms with E-state index >= 15 is 0 Å². The molecule has 309 valence electrons. The molecular formula is C57H54IrN2O-2. The monoisotopic (exact) mass is 985 g/mol. The van der Waals surface area contributed by atoms with E-state index in [-0.39, 0.29) is 53.2 Å². The number of rotatable bonds is 4. The van der Waals surface area contributed by atoms with Gasteiger partial charge in [0.25, 0.3) is 0 Å². The Morgan fingerprint density at radius 3 is 2.25 bits per heavy atom. The predicted octanol–water partition coefficient (Wildman–Crippen LogP) is 15.9. The molecule has 1 radical (unpaired) electrons. The van der Waals surface area contributed by atoms with Gasteiger partial charge in [0, 0.05) is 51.6 Å². The van der Waals surface area contributed by atoms with E-state index in [0.717, 1.165) is 56.4 Å². The van der Waals surface area contributed by atoms with E-state index in [9.17, 15) is 1.37 Å². The predicted molar refractivity (Wildman–Crippen MR) is 253 cm³/mol. The van der Waals surface area contributed by atoms with E-state index in [1.807, 2.05) is 36.5 Å². The first-order valence-corrected chi connectivity index (χ1v) is 20.6. The van der Waals surface area contributed by atoms with Crippen LogP contribution in [0.15, 0.2) is 132 Å². The van der Waals surface area contributed by atoms with Gasteiger partial charge >= 0.3 is 0 Å². The Balaban J connectivity index is 0.000000271. The molecule has 3 aromatic heterocycles. The molecule has 0 saturated heterocycles. The van der Waals surface area contributed by atoms with Crippen LogP contribution in [0, 0.1) is 38.1 Å². The summed E-state index contributed by atoms with van der Waals surface area (Å²) in [5.41, 5.74) is 6.69. The van der Waals surface area contributed by atoms with Crippen LogP contribution in [0.1, 0.15) is 108 Å². The number of nitrogens with zero attached hydrogens (tertiary/aromatic N) is 2. The van der Waals surface area contributed by atoms with Crippen LogP contribution in [0.3, 0.4) is 0 Å². The van der Waals surface area contributed by atoms with E-state index in [1.54, 1.807) is 42.5 Å². The summed E-state index contributed by atoms with van der Waals surface area (Å²) in [7, 11) is 0. The Kier molecular flexibility index (Phi) is 8.66. The van der Waals surface area contributed by atoms with Gasteiger partial charge < -0.3 is 14.4 Å². The standard InChI is InChI=1S/C41H36NO.C16H18N.Ir/c1-25-20-29(27-16-18-41(3,4)19-17-27)14-15-31(25)35-22-38(42-24-26(35)2)34-11-7-10-33-37-21-30-13-12-28-8-5-6-9-32(28)36(30)23-39(37)43-40(33)34;1-12-5-7-13(8-6-12)15-10-9-14(11-17-15)16(2,3)4;/h5-10,12-15,20-24,27H,16-19H2,1-4H3;5-7,9-11H,1-4H3;/q2*-1;/i1D3,2D3,27D;1D3;. The number of hydrogen-bond acceptors (Lipinski definition) is 3. The van der Waals surface area contributed by atoms with Gasteiger partial charge in [-0.1, -0.05) is 125 Å². The maximum atomic E-state index is 9.31. The zero-order valence-electron chi connectivity index (χ0n) is 45.1. The van der Waals surface area contributed by atoms with Crippen molar-refractivity contribution in [2.45, 2.75) is 92.2 Å². The third kappa shape index (κ3) is 8.59. The van der Waals surface area contributed by atoms with Crippen molar-refractivity contribution in [2.75, 3.05) is 0 Å². The summed E-state index contributed by atoms with van der Waals surface area (Å²) in [6.45, 7) is 3.63. The zero-order valence-corrected chi connectivity index (χ0v) is 37.5. The average molecular weight is 985 g/mol. The fraction of sp³-hybridized carbons (Fsp3) is 0.263. The van der Waals surface area contributed by atoms with Gasteiger partial charge in [0.05, 0.1) is 5.58 Å². The number of pyridine rings is 2. The van der Waals surface area contributed by atoms with Crippen molar-refractivity contribution >= 4 is 43.5 Å². The van der Waals surface area contributed by atoms with Crippen LogP contribution in [0.5, 0.6) is 0 Å². The van der Waals surface area contributed by atoms with E-state index in [4.69, 9.17) is 16.8 Å². The van der Waals surface area contributed by atoms with Crippen molar-refractivity contribution in [3.63, 3.8) is 0 Å². The summed E-state index contributed by atoms with van der Waals surface area (Å²) in [6.07, 6.45) is 6.18. The van der Waals surface area contributed by atoms with Crippen molar-refractivity contribution in [1.82, 2.24) is 9.97 Å². The van der Waals surface area contributed by atoms with Gasteiger partial charge in [0.1, 0.15) is 5.58 Å². The van der Waals surface area contributed by atoms with Crippen LogP contribution in [0.4, 0.5) is 0 Å². The SMILES string of the molecule is [2H]C([2H])([2H])c1c[c-]c(-c2ccc(C(C)(C)C)cn2)cc1.[2H]C([2H])([2H])c1cnc(-c2[c-]ccc3c2oc2cc4c(ccc5ccccc54)cc23)cc1-c1ccc(C2([2H])CCC(C)(C)CC2)cc1C([2H])([2H])[2H].[Ir]. The minimum absolute atomic E-state index is 0. The normalized spacial score (nSPS) is 17.8. The second-order valence-corrected chi connectivity index (χ2v) is 17.9. The van der Waals surface area contributed by atoms with E-state index in [0.29, 0.717) is 46.4 Å². The summed E-state index contributed by atoms with van der Waals surface area (Å²) >= 11 is 0. The fourth-order valence-electron chi connectivity index (χ4n) is 8.34. The molecule has 3 heterocycles. The van der Waals surface area contributed by atoms with Gasteiger partial charge in [0.15, 0.2) is 0 Å². The molecule has 6 aromatic carbocycles. The Morgan fingerprint density at radius 1 is 0.705 bits per heavy atom. The van der Waals surface area contributed by atoms with Crippen molar-refractivity contribution in [3.8, 4) is 33.6 Å². The number of hydrogen-bond donors (Lipinski definition) is 0. The van der Waals surface area contributed by atoms with E-state index in [2.05, 4.69) is 93.1 Å². The molecule has 0 unspecified atom stereocenters. The smallest absolute Gasteiger partial charge is 0.121 e. The van der Waals surface area contributed by atoms with Gasteiger partial charge in [0.2, 0.25) is 0 Å². The Hall–Kier alpha value is -5.41. The molecule has 0 aliphatic heterocycles. The molecule has 0 atom stereocenters. The molecule has 10 rings (SSSR count). The molecule has 9 aromatic rings. The Morgan fingerprint density at radius 2 is 1.51 bits per heavy atom. The summed E-state index contributed by atoms with van der Waals surface area (Å²) in [4.78, 5) is 9.04. The van der Waals surface area contributed by atoms with Gasteiger partial charge in [-0.05, 0) is 135 Å². The van der Waals surface area contributed by atoms with Gasteiger partial charge in [-0.2, -0.15) is 0 Å². The number of furan rings is 1. The molecular weight excluding hydrogens is 921 g/mol. The van der Waals surface area contributed by atoms with Crippen molar-refractivity contribution < 1.29 is 38.2 Å². The quantitative estimate of drug-likeness (QED) is 0.130. The topological polar surface area (TPSA) is 38.9 Å². The minimum atomic E-state index is -2.56. The molecule has 3 nitrogen and oxygen atoms in total. The number of benzene rings is 6. The molecule has 0 N–H and O–H groups in total. The Bertz CT molecular complexity index is 3350. The number of aryl methyl sites for hydroxylation is 3. The molecule has 0 spiro atoms. The van der Waals surface area contributed by atoms with E-state index in [1.165, 1.54) is 17.8 Å². The minimum Gasteiger partial charge on any atom is -0.501 e. The van der Waals surface area contributed by atoms with Gasteiger partial charge in [-0.25, -0.2) is 0 Å². The molecule has 1 aliphatic carbocycles. The van der Waals surface area contributed by atoms with Crippen LogP contribution in [0.25, 0.3) is 77.1 Å². The first-order chi connectivity index (χ1) is 32.8. The number of fused-ring (bicyclic) bond motifs is 6. The number of aromatic nitrogens is 2. The summed E-state index contributed by atoms with van der Waals surface area (Å²) in [5.74, 6) is -0.909. The van der Waals surface area contributed by atoms with Gasteiger partial charge in [-0.3, -0.25) is 0 Å². The van der Waals surface area contributed by atoms with Crippen molar-refractivity contribution in [1.29, 1.82) is 0 Å². The maximum Gasteiger partial charge on any atom is 0.121 e. The van der Waals surface area contributed by atoms with Crippen LogP contribution in [-0.4, -0.2) is 9.97 Å². The average Bonchev–Trinajstić information content (AvgIpc) is 3.68. The third-order valence-electron chi connectivity index (χ3n) is 12.1. The second kappa shape index (κ2) is 16.8. The molecule has 1 fully saturated rings. The fourth-order valence-corrected chi connectivity index (χ4v) is 8.34. The Labute approximate surface area is 389 Å².